The molecule has 0 unspecified atom stereocenters. The van der Waals surface area contributed by atoms with Gasteiger partial charge in [-0.25, -0.2) is 18.4 Å². The number of sulfone groups is 1. The number of hydrogen-bond donors (Lipinski definition) is 4. The van der Waals surface area contributed by atoms with Crippen LogP contribution in [-0.4, -0.2) is 74.4 Å². The number of pyridine rings is 1. The summed E-state index contributed by atoms with van der Waals surface area (Å²) in [4.78, 5) is 19.2. The quantitative estimate of drug-likeness (QED) is 0.300. The Labute approximate surface area is 232 Å². The molecule has 4 N–H and O–H groups in total. The molecule has 0 saturated heterocycles. The average Bonchev–Trinajstić information content (AvgIpc) is 3.80. The Morgan fingerprint density at radius 1 is 1.10 bits per heavy atom. The Balaban J connectivity index is 1.38. The van der Waals surface area contributed by atoms with Crippen LogP contribution in [-0.2, 0) is 9.84 Å². The number of anilines is 2. The zero-order chi connectivity index (χ0) is 27.7. The van der Waals surface area contributed by atoms with Crippen molar-refractivity contribution in [2.45, 2.75) is 81.8 Å². The topological polar surface area (TPSA) is 150 Å². The lowest BCUT2D eigenvalue weighted by Gasteiger charge is -2.32. The van der Waals surface area contributed by atoms with Gasteiger partial charge in [0.15, 0.2) is 9.84 Å². The summed E-state index contributed by atoms with van der Waals surface area (Å²) in [5, 5.41) is 29.4. The van der Waals surface area contributed by atoms with Crippen molar-refractivity contribution >= 4 is 43.2 Å². The normalized spacial score (nSPS) is 25.8. The highest BCUT2D eigenvalue weighted by atomic mass is 32.2. The molecule has 3 aliphatic rings. The zero-order valence-corrected chi connectivity index (χ0v) is 24.3. The molecule has 6 rings (SSSR count). The van der Waals surface area contributed by atoms with Gasteiger partial charge in [0.05, 0.1) is 38.5 Å². The number of aliphatic hydroxyl groups is 2. The van der Waals surface area contributed by atoms with Crippen LogP contribution in [0.2, 0.25) is 0 Å². The molecule has 0 amide bonds. The van der Waals surface area contributed by atoms with Crippen molar-refractivity contribution in [1.29, 1.82) is 0 Å². The lowest BCUT2D eigenvalue weighted by Crippen LogP contribution is -2.45. The highest BCUT2D eigenvalue weighted by molar-refractivity contribution is 7.92. The van der Waals surface area contributed by atoms with Crippen LogP contribution in [0.25, 0.3) is 20.8 Å². The number of hydrogen-bond acceptors (Lipinski definition) is 11. The van der Waals surface area contributed by atoms with Crippen molar-refractivity contribution in [3.05, 3.63) is 23.7 Å². The number of nitrogens with one attached hydrogen (secondary N) is 2. The van der Waals surface area contributed by atoms with Gasteiger partial charge in [0.25, 0.3) is 0 Å². The van der Waals surface area contributed by atoms with Gasteiger partial charge in [-0.1, -0.05) is 0 Å². The first kappa shape index (κ1) is 26.8. The molecule has 3 aliphatic carbocycles. The summed E-state index contributed by atoms with van der Waals surface area (Å²) in [6.07, 6.45) is 5.57. The van der Waals surface area contributed by atoms with Crippen molar-refractivity contribution in [3.8, 4) is 10.6 Å². The maximum absolute atomic E-state index is 12.5. The Hall–Kier alpha value is -2.41. The van der Waals surface area contributed by atoms with E-state index in [9.17, 15) is 18.6 Å². The standard InChI is InChI=1S/C27H36N6O4S2/c1-13-19(25-32-21-18(38-25)9-10-28-20(21)15-7-8-15)24(33-26(30-13)29-12-14-5-6-14)31-17-11-16(22(34)23(17)35)27(2,3)39(4,36)37/h9-10,14-17,22-23,34-35H,5-8,11-12H2,1-4H3,(H2,29,30,31,33)/t16-,17+,22+,23-/m0/s1. The van der Waals surface area contributed by atoms with E-state index in [-0.39, 0.29) is 6.42 Å². The highest BCUT2D eigenvalue weighted by Gasteiger charge is 2.52. The third-order valence-corrected chi connectivity index (χ3v) is 12.0. The van der Waals surface area contributed by atoms with Gasteiger partial charge >= 0.3 is 0 Å². The van der Waals surface area contributed by atoms with E-state index in [1.807, 2.05) is 19.2 Å². The number of nitrogens with zero attached hydrogens (tertiary/aromatic N) is 4. The van der Waals surface area contributed by atoms with E-state index < -0.39 is 38.8 Å². The van der Waals surface area contributed by atoms with Crippen LogP contribution >= 0.6 is 11.3 Å². The van der Waals surface area contributed by atoms with Gasteiger partial charge in [0.1, 0.15) is 22.4 Å². The first-order valence-electron chi connectivity index (χ1n) is 13.6. The fraction of sp³-hybridized carbons (Fsp3) is 0.630. The fourth-order valence-electron chi connectivity index (χ4n) is 5.53. The zero-order valence-electron chi connectivity index (χ0n) is 22.7. The van der Waals surface area contributed by atoms with Crippen LogP contribution in [0.4, 0.5) is 11.8 Å². The van der Waals surface area contributed by atoms with E-state index >= 15 is 0 Å². The van der Waals surface area contributed by atoms with Gasteiger partial charge in [-0.15, -0.1) is 11.3 Å². The first-order chi connectivity index (χ1) is 18.4. The van der Waals surface area contributed by atoms with Gasteiger partial charge in [-0.05, 0) is 64.9 Å². The first-order valence-corrected chi connectivity index (χ1v) is 16.4. The predicted molar refractivity (Wildman–Crippen MR) is 153 cm³/mol. The Kier molecular flexibility index (Phi) is 6.60. The maximum atomic E-state index is 12.5. The Morgan fingerprint density at radius 3 is 2.51 bits per heavy atom. The van der Waals surface area contributed by atoms with Gasteiger partial charge in [-0.2, -0.15) is 4.98 Å². The minimum absolute atomic E-state index is 0.269. The lowest BCUT2D eigenvalue weighted by molar-refractivity contribution is 0.0106. The van der Waals surface area contributed by atoms with Crippen LogP contribution in [0.1, 0.15) is 63.3 Å². The number of rotatable bonds is 9. The minimum Gasteiger partial charge on any atom is -0.390 e. The molecule has 3 saturated carbocycles. The van der Waals surface area contributed by atoms with E-state index in [4.69, 9.17) is 15.0 Å². The molecule has 12 heteroatoms. The summed E-state index contributed by atoms with van der Waals surface area (Å²) < 4.78 is 24.9. The van der Waals surface area contributed by atoms with Crippen LogP contribution in [0, 0.1) is 18.8 Å². The molecule has 0 bridgehead atoms. The Morgan fingerprint density at radius 2 is 1.85 bits per heavy atom. The third kappa shape index (κ3) is 5.00. The van der Waals surface area contributed by atoms with E-state index in [0.717, 1.165) is 51.6 Å². The SMILES string of the molecule is Cc1nc(NCC2CC2)nc(N[C@@H]2C[C@H](C(C)(C)S(C)(=O)=O)[C@@H](O)[C@H]2O)c1-c1nc2c(C3CC3)nccc2s1. The molecule has 3 aromatic rings. The molecular weight excluding hydrogens is 536 g/mol. The van der Waals surface area contributed by atoms with Crippen LogP contribution in [0.5, 0.6) is 0 Å². The van der Waals surface area contributed by atoms with Gasteiger partial charge in [-0.3, -0.25) is 4.98 Å². The van der Waals surface area contributed by atoms with Crippen molar-refractivity contribution in [2.24, 2.45) is 11.8 Å². The molecular formula is C27H36N6O4S2. The largest absolute Gasteiger partial charge is 0.390 e. The van der Waals surface area contributed by atoms with E-state index in [2.05, 4.69) is 15.6 Å². The smallest absolute Gasteiger partial charge is 0.224 e. The molecule has 210 valence electrons. The second-order valence-corrected chi connectivity index (χ2v) is 15.6. The van der Waals surface area contributed by atoms with Crippen molar-refractivity contribution in [3.63, 3.8) is 0 Å². The fourth-order valence-corrected chi connectivity index (χ4v) is 7.38. The summed E-state index contributed by atoms with van der Waals surface area (Å²) in [5.74, 6) is 1.45. The summed E-state index contributed by atoms with van der Waals surface area (Å²) in [6.45, 7) is 5.94. The average molecular weight is 573 g/mol. The number of fused-ring (bicyclic) bond motifs is 1. The van der Waals surface area contributed by atoms with Crippen molar-refractivity contribution in [1.82, 2.24) is 19.9 Å². The summed E-state index contributed by atoms with van der Waals surface area (Å²) in [6, 6.07) is 1.38. The van der Waals surface area contributed by atoms with Gasteiger partial charge < -0.3 is 20.8 Å². The summed E-state index contributed by atoms with van der Waals surface area (Å²) in [5.41, 5.74) is 3.42. The van der Waals surface area contributed by atoms with E-state index in [1.54, 1.807) is 25.2 Å². The van der Waals surface area contributed by atoms with Crippen LogP contribution < -0.4 is 10.6 Å². The number of aromatic nitrogens is 4. The molecule has 4 atom stereocenters. The van der Waals surface area contributed by atoms with Crippen LogP contribution in [0.15, 0.2) is 12.3 Å². The van der Waals surface area contributed by atoms with Crippen LogP contribution in [0.3, 0.4) is 0 Å². The van der Waals surface area contributed by atoms with E-state index in [1.165, 1.54) is 19.1 Å². The molecule has 3 heterocycles. The molecule has 0 aromatic carbocycles. The van der Waals surface area contributed by atoms with Gasteiger partial charge in [0, 0.05) is 30.8 Å². The van der Waals surface area contributed by atoms with Crippen molar-refractivity contribution in [2.75, 3.05) is 23.4 Å². The molecule has 3 fully saturated rings. The number of aliphatic hydroxyl groups excluding tert-OH is 2. The maximum Gasteiger partial charge on any atom is 0.224 e. The third-order valence-electron chi connectivity index (χ3n) is 8.70. The number of aryl methyl sites for hydroxylation is 1. The molecule has 39 heavy (non-hydrogen) atoms. The molecule has 0 aliphatic heterocycles. The Bertz CT molecular complexity index is 1520. The van der Waals surface area contributed by atoms with E-state index in [0.29, 0.717) is 23.6 Å². The second-order valence-electron chi connectivity index (χ2n) is 12.0. The summed E-state index contributed by atoms with van der Waals surface area (Å²) in [7, 11) is -3.48. The molecule has 3 aromatic heterocycles. The highest BCUT2D eigenvalue weighted by Crippen LogP contribution is 2.45. The predicted octanol–water partition coefficient (Wildman–Crippen LogP) is 3.50. The minimum atomic E-state index is -3.48. The monoisotopic (exact) mass is 572 g/mol. The molecule has 0 radical (unpaired) electrons. The second kappa shape index (κ2) is 9.60. The summed E-state index contributed by atoms with van der Waals surface area (Å²) >= 11 is 1.56. The lowest BCUT2D eigenvalue weighted by atomic mass is 9.91. The number of thiazole rings is 1. The van der Waals surface area contributed by atoms with Gasteiger partial charge in [0.2, 0.25) is 5.95 Å². The van der Waals surface area contributed by atoms with Crippen molar-refractivity contribution < 1.29 is 18.6 Å². The molecule has 0 spiro atoms. The molecule has 10 nitrogen and oxygen atoms in total.